The van der Waals surface area contributed by atoms with Crippen LogP contribution in [0.3, 0.4) is 0 Å². The Bertz CT molecular complexity index is 1270. The fraction of sp³-hybridized carbons (Fsp3) is 0.167. The highest BCUT2D eigenvalue weighted by atomic mass is 31.1. The van der Waals surface area contributed by atoms with Crippen LogP contribution in [0, 0.1) is 13.8 Å². The molecule has 0 saturated carbocycles. The molecule has 0 atom stereocenters. The lowest BCUT2D eigenvalue weighted by Gasteiger charge is -2.21. The zero-order valence-electron chi connectivity index (χ0n) is 23.2. The standard InChI is InChI=1S/C36H36O2P2/c1-29-27-36(38-24-26-40(33-19-11-5-12-20-33)34-21-13-6-14-22-34)30(2)28-35(29)37-23-25-39(31-15-7-3-8-16-31)32-17-9-4-10-18-32/h3-22,27-28H,23-26H2,1-2H3. The van der Waals surface area contributed by atoms with Crippen molar-refractivity contribution < 1.29 is 9.47 Å². The number of ether oxygens (including phenoxy) is 2. The third kappa shape index (κ3) is 7.39. The molecular weight excluding hydrogens is 526 g/mol. The van der Waals surface area contributed by atoms with E-state index in [-0.39, 0.29) is 0 Å². The Morgan fingerprint density at radius 1 is 0.425 bits per heavy atom. The summed E-state index contributed by atoms with van der Waals surface area (Å²) >= 11 is 0. The van der Waals surface area contributed by atoms with E-state index in [0.717, 1.165) is 34.9 Å². The molecule has 40 heavy (non-hydrogen) atoms. The minimum atomic E-state index is -0.472. The molecule has 0 unspecified atom stereocenters. The highest BCUT2D eigenvalue weighted by Gasteiger charge is 2.16. The number of hydrogen-bond donors (Lipinski definition) is 0. The Balaban J connectivity index is 1.22. The summed E-state index contributed by atoms with van der Waals surface area (Å²) in [6.07, 6.45) is 1.95. The van der Waals surface area contributed by atoms with Crippen LogP contribution in [0.4, 0.5) is 0 Å². The van der Waals surface area contributed by atoms with Crippen molar-refractivity contribution >= 4 is 37.1 Å². The van der Waals surface area contributed by atoms with Gasteiger partial charge in [-0.3, -0.25) is 0 Å². The van der Waals surface area contributed by atoms with Gasteiger partial charge in [-0.05, 0) is 74.2 Å². The van der Waals surface area contributed by atoms with Crippen molar-refractivity contribution in [3.8, 4) is 11.5 Å². The Morgan fingerprint density at radius 2 is 0.700 bits per heavy atom. The minimum absolute atomic E-state index is 0.472. The normalized spacial score (nSPS) is 11.1. The Hall–Kier alpha value is -3.44. The molecule has 0 saturated heterocycles. The van der Waals surface area contributed by atoms with E-state index in [0.29, 0.717) is 13.2 Å². The molecule has 0 fully saturated rings. The third-order valence-corrected chi connectivity index (χ3v) is 11.8. The molecule has 4 heteroatoms. The summed E-state index contributed by atoms with van der Waals surface area (Å²) in [5.41, 5.74) is 2.22. The molecule has 5 aromatic carbocycles. The Kier molecular flexibility index (Phi) is 10.0. The summed E-state index contributed by atoms with van der Waals surface area (Å²) in [7, 11) is -0.943. The van der Waals surface area contributed by atoms with Gasteiger partial charge in [-0.15, -0.1) is 0 Å². The van der Waals surface area contributed by atoms with Gasteiger partial charge in [0.25, 0.3) is 0 Å². The predicted molar refractivity (Wildman–Crippen MR) is 175 cm³/mol. The molecule has 0 N–H and O–H groups in total. The smallest absolute Gasteiger partial charge is 0.122 e. The molecule has 0 amide bonds. The number of rotatable bonds is 12. The van der Waals surface area contributed by atoms with Gasteiger partial charge in [-0.1, -0.05) is 121 Å². The average molecular weight is 563 g/mol. The zero-order valence-corrected chi connectivity index (χ0v) is 25.0. The van der Waals surface area contributed by atoms with Crippen molar-refractivity contribution in [3.05, 3.63) is 145 Å². The third-order valence-electron chi connectivity index (χ3n) is 6.89. The van der Waals surface area contributed by atoms with Crippen LogP contribution in [-0.4, -0.2) is 25.5 Å². The van der Waals surface area contributed by atoms with Crippen molar-refractivity contribution in [2.45, 2.75) is 13.8 Å². The molecule has 2 nitrogen and oxygen atoms in total. The summed E-state index contributed by atoms with van der Waals surface area (Å²) in [6.45, 7) is 5.57. The lowest BCUT2D eigenvalue weighted by atomic mass is 10.1. The monoisotopic (exact) mass is 562 g/mol. The molecule has 0 aliphatic carbocycles. The van der Waals surface area contributed by atoms with Crippen LogP contribution in [0.5, 0.6) is 11.5 Å². The lowest BCUT2D eigenvalue weighted by molar-refractivity contribution is 0.329. The molecule has 0 aliphatic rings. The van der Waals surface area contributed by atoms with Gasteiger partial charge < -0.3 is 9.47 Å². The van der Waals surface area contributed by atoms with Crippen LogP contribution >= 0.6 is 15.8 Å². The molecule has 0 aliphatic heterocycles. The maximum atomic E-state index is 6.37. The zero-order chi connectivity index (χ0) is 27.6. The second-order valence-corrected chi connectivity index (χ2v) is 14.4. The maximum absolute atomic E-state index is 6.37. The van der Waals surface area contributed by atoms with E-state index in [1.807, 2.05) is 0 Å². The Morgan fingerprint density at radius 3 is 0.975 bits per heavy atom. The number of aryl methyl sites for hydroxylation is 2. The lowest BCUT2D eigenvalue weighted by Crippen LogP contribution is -2.18. The van der Waals surface area contributed by atoms with Crippen molar-refractivity contribution in [1.82, 2.24) is 0 Å². The molecule has 5 rings (SSSR count). The molecule has 0 spiro atoms. The van der Waals surface area contributed by atoms with Crippen molar-refractivity contribution in [3.63, 3.8) is 0 Å². The SMILES string of the molecule is Cc1cc(OCCP(c2ccccc2)c2ccccc2)c(C)cc1OCCP(c1ccccc1)c1ccccc1. The molecular formula is C36H36O2P2. The van der Waals surface area contributed by atoms with Crippen molar-refractivity contribution in [1.29, 1.82) is 0 Å². The van der Waals surface area contributed by atoms with Gasteiger partial charge in [0, 0.05) is 12.3 Å². The first-order valence-electron chi connectivity index (χ1n) is 13.8. The van der Waals surface area contributed by atoms with E-state index >= 15 is 0 Å². The van der Waals surface area contributed by atoms with Crippen molar-refractivity contribution in [2.24, 2.45) is 0 Å². The maximum Gasteiger partial charge on any atom is 0.122 e. The highest BCUT2D eigenvalue weighted by Crippen LogP contribution is 2.35. The van der Waals surface area contributed by atoms with Gasteiger partial charge >= 0.3 is 0 Å². The van der Waals surface area contributed by atoms with E-state index in [2.05, 4.69) is 147 Å². The van der Waals surface area contributed by atoms with Gasteiger partial charge in [0.15, 0.2) is 0 Å². The second kappa shape index (κ2) is 14.3. The summed E-state index contributed by atoms with van der Waals surface area (Å²) in [5.74, 6) is 1.88. The summed E-state index contributed by atoms with van der Waals surface area (Å²) in [4.78, 5) is 0. The summed E-state index contributed by atoms with van der Waals surface area (Å²) in [5, 5.41) is 5.54. The number of benzene rings is 5. The van der Waals surface area contributed by atoms with E-state index in [1.54, 1.807) is 0 Å². The van der Waals surface area contributed by atoms with E-state index in [4.69, 9.17) is 9.47 Å². The molecule has 0 radical (unpaired) electrons. The first-order chi connectivity index (χ1) is 19.7. The van der Waals surface area contributed by atoms with Gasteiger partial charge in [0.2, 0.25) is 0 Å². The molecule has 202 valence electrons. The summed E-state index contributed by atoms with van der Waals surface area (Å²) < 4.78 is 12.7. The van der Waals surface area contributed by atoms with Gasteiger partial charge in [0.05, 0.1) is 13.2 Å². The van der Waals surface area contributed by atoms with Crippen LogP contribution in [-0.2, 0) is 0 Å². The molecule has 0 aromatic heterocycles. The topological polar surface area (TPSA) is 18.5 Å². The van der Waals surface area contributed by atoms with E-state index in [9.17, 15) is 0 Å². The molecule has 5 aromatic rings. The van der Waals surface area contributed by atoms with Crippen LogP contribution in [0.2, 0.25) is 0 Å². The molecule has 0 bridgehead atoms. The van der Waals surface area contributed by atoms with Crippen LogP contribution in [0.15, 0.2) is 133 Å². The summed E-state index contributed by atoms with van der Waals surface area (Å²) in [6, 6.07) is 47.5. The fourth-order valence-corrected chi connectivity index (χ4v) is 9.12. The van der Waals surface area contributed by atoms with Gasteiger partial charge in [0.1, 0.15) is 11.5 Å². The predicted octanol–water partition coefficient (Wildman–Crippen LogP) is 7.33. The molecule has 0 heterocycles. The fourth-order valence-electron chi connectivity index (χ4n) is 4.81. The van der Waals surface area contributed by atoms with E-state index < -0.39 is 15.8 Å². The van der Waals surface area contributed by atoms with Crippen LogP contribution < -0.4 is 30.7 Å². The average Bonchev–Trinajstić information content (AvgIpc) is 3.01. The minimum Gasteiger partial charge on any atom is -0.493 e. The number of hydrogen-bond acceptors (Lipinski definition) is 2. The Labute approximate surface area is 241 Å². The second-order valence-electron chi connectivity index (χ2n) is 9.73. The van der Waals surface area contributed by atoms with Crippen LogP contribution in [0.25, 0.3) is 0 Å². The first kappa shape index (κ1) is 28.1. The largest absolute Gasteiger partial charge is 0.493 e. The highest BCUT2D eigenvalue weighted by molar-refractivity contribution is 7.73. The van der Waals surface area contributed by atoms with Crippen molar-refractivity contribution in [2.75, 3.05) is 25.5 Å². The van der Waals surface area contributed by atoms with Crippen LogP contribution in [0.1, 0.15) is 11.1 Å². The van der Waals surface area contributed by atoms with E-state index in [1.165, 1.54) is 21.2 Å². The van der Waals surface area contributed by atoms with Gasteiger partial charge in [-0.2, -0.15) is 0 Å². The quantitative estimate of drug-likeness (QED) is 0.148. The van der Waals surface area contributed by atoms with Gasteiger partial charge in [-0.25, -0.2) is 0 Å². The first-order valence-corrected chi connectivity index (χ1v) is 16.9.